The molecule has 1 aliphatic rings. The zero-order valence-corrected chi connectivity index (χ0v) is 20.1. The third-order valence-corrected chi connectivity index (χ3v) is 6.01. The molecule has 0 aliphatic carbocycles. The van der Waals surface area contributed by atoms with E-state index in [1.165, 1.54) is 0 Å². The number of hydrogen-bond donors (Lipinski definition) is 1. The lowest BCUT2D eigenvalue weighted by Crippen LogP contribution is -2.37. The van der Waals surface area contributed by atoms with Crippen LogP contribution in [-0.2, 0) is 16.0 Å². The maximum atomic E-state index is 10.7. The van der Waals surface area contributed by atoms with Crippen molar-refractivity contribution in [3.63, 3.8) is 0 Å². The van der Waals surface area contributed by atoms with Crippen molar-refractivity contribution in [2.24, 2.45) is 0 Å². The number of benzene rings is 1. The van der Waals surface area contributed by atoms with Crippen molar-refractivity contribution < 1.29 is 19.3 Å². The van der Waals surface area contributed by atoms with Crippen molar-refractivity contribution in [1.82, 2.24) is 29.3 Å². The fourth-order valence-corrected chi connectivity index (χ4v) is 4.32. The summed E-state index contributed by atoms with van der Waals surface area (Å²) in [6.45, 7) is 5.25. The van der Waals surface area contributed by atoms with Gasteiger partial charge in [-0.2, -0.15) is 9.97 Å². The van der Waals surface area contributed by atoms with Crippen LogP contribution < -0.4 is 9.64 Å². The minimum atomic E-state index is -0.885. The molecule has 5 rings (SSSR count). The molecule has 1 atom stereocenters. The standard InChI is InChI=1S/C24H29N7O4/c1-4-30-20(18(32)15-33-2)25-19-21(29-10-12-35-13-11-29)26-24(27-22(19)30)31-14-17(23(28-31)34-3)16-8-6-5-7-9-16/h5-9,14,18,32H,4,10-13,15H2,1-3H3. The number of ether oxygens (including phenoxy) is 3. The van der Waals surface area contributed by atoms with E-state index in [4.69, 9.17) is 29.2 Å². The third kappa shape index (κ3) is 4.33. The molecular formula is C24H29N7O4. The van der Waals surface area contributed by atoms with Crippen LogP contribution in [0.15, 0.2) is 36.5 Å². The second kappa shape index (κ2) is 9.98. The van der Waals surface area contributed by atoms with E-state index in [1.807, 2.05) is 48.0 Å². The topological polar surface area (TPSA) is 113 Å². The smallest absolute Gasteiger partial charge is 0.254 e. The van der Waals surface area contributed by atoms with Gasteiger partial charge in [-0.05, 0) is 12.5 Å². The highest BCUT2D eigenvalue weighted by Gasteiger charge is 2.26. The number of aromatic nitrogens is 6. The number of fused-ring (bicyclic) bond motifs is 1. The number of hydrogen-bond acceptors (Lipinski definition) is 9. The van der Waals surface area contributed by atoms with Crippen molar-refractivity contribution in [3.05, 3.63) is 42.4 Å². The first-order valence-corrected chi connectivity index (χ1v) is 11.6. The molecule has 3 aromatic heterocycles. The summed E-state index contributed by atoms with van der Waals surface area (Å²) in [7, 11) is 3.15. The normalized spacial score (nSPS) is 15.0. The second-order valence-corrected chi connectivity index (χ2v) is 8.17. The Morgan fingerprint density at radius 1 is 1.09 bits per heavy atom. The van der Waals surface area contributed by atoms with E-state index >= 15 is 0 Å². The first-order valence-electron chi connectivity index (χ1n) is 11.6. The summed E-state index contributed by atoms with van der Waals surface area (Å²) in [4.78, 5) is 16.6. The molecule has 1 N–H and O–H groups in total. The van der Waals surface area contributed by atoms with Gasteiger partial charge in [0.25, 0.3) is 5.95 Å². The van der Waals surface area contributed by atoms with Crippen LogP contribution in [0.3, 0.4) is 0 Å². The maximum Gasteiger partial charge on any atom is 0.254 e. The Labute approximate surface area is 202 Å². The van der Waals surface area contributed by atoms with Gasteiger partial charge in [0.05, 0.1) is 32.5 Å². The quantitative estimate of drug-likeness (QED) is 0.406. The van der Waals surface area contributed by atoms with E-state index in [9.17, 15) is 5.11 Å². The molecule has 11 heteroatoms. The third-order valence-electron chi connectivity index (χ3n) is 6.01. The molecule has 35 heavy (non-hydrogen) atoms. The van der Waals surface area contributed by atoms with E-state index in [-0.39, 0.29) is 6.61 Å². The largest absolute Gasteiger partial charge is 0.479 e. The molecule has 0 spiro atoms. The lowest BCUT2D eigenvalue weighted by atomic mass is 10.1. The molecular weight excluding hydrogens is 450 g/mol. The predicted molar refractivity (Wildman–Crippen MR) is 130 cm³/mol. The van der Waals surface area contributed by atoms with E-state index in [0.29, 0.717) is 67.5 Å². The molecule has 4 heterocycles. The molecule has 1 saturated heterocycles. The minimum Gasteiger partial charge on any atom is -0.479 e. The van der Waals surface area contributed by atoms with Crippen LogP contribution in [0.1, 0.15) is 18.9 Å². The van der Waals surface area contributed by atoms with Crippen molar-refractivity contribution in [2.75, 3.05) is 52.0 Å². The molecule has 1 aliphatic heterocycles. The summed E-state index contributed by atoms with van der Waals surface area (Å²) in [6.07, 6.45) is 0.982. The van der Waals surface area contributed by atoms with E-state index in [0.717, 1.165) is 11.1 Å². The number of aliphatic hydroxyl groups is 1. The second-order valence-electron chi connectivity index (χ2n) is 8.17. The van der Waals surface area contributed by atoms with Gasteiger partial charge in [0.15, 0.2) is 17.0 Å². The molecule has 11 nitrogen and oxygen atoms in total. The molecule has 0 saturated carbocycles. The number of nitrogens with zero attached hydrogens (tertiary/aromatic N) is 7. The van der Waals surface area contributed by atoms with Crippen LogP contribution >= 0.6 is 0 Å². The Bertz CT molecular complexity index is 1300. The molecule has 1 aromatic carbocycles. The SMILES string of the molecule is CCn1c(C(O)COC)nc2c(N3CCOCC3)nc(-n3cc(-c4ccccc4)c(OC)n3)nc21. The Hall–Kier alpha value is -3.54. The average Bonchev–Trinajstić information content (AvgIpc) is 3.51. The number of aliphatic hydroxyl groups excluding tert-OH is 1. The zero-order valence-electron chi connectivity index (χ0n) is 20.1. The van der Waals surface area contributed by atoms with Crippen LogP contribution in [-0.4, -0.2) is 81.5 Å². The van der Waals surface area contributed by atoms with Crippen molar-refractivity contribution >= 4 is 17.0 Å². The van der Waals surface area contributed by atoms with Crippen LogP contribution in [0.4, 0.5) is 5.82 Å². The van der Waals surface area contributed by atoms with Gasteiger partial charge in [0.1, 0.15) is 11.9 Å². The molecule has 0 radical (unpaired) electrons. The molecule has 0 bridgehead atoms. The molecule has 0 amide bonds. The highest BCUT2D eigenvalue weighted by molar-refractivity contribution is 5.85. The number of aryl methyl sites for hydroxylation is 1. The van der Waals surface area contributed by atoms with Crippen molar-refractivity contribution in [1.29, 1.82) is 0 Å². The number of rotatable bonds is 8. The zero-order chi connectivity index (χ0) is 24.4. The lowest BCUT2D eigenvalue weighted by Gasteiger charge is -2.28. The van der Waals surface area contributed by atoms with Crippen LogP contribution in [0.2, 0.25) is 0 Å². The summed E-state index contributed by atoms with van der Waals surface area (Å²) in [5, 5.41) is 15.3. The summed E-state index contributed by atoms with van der Waals surface area (Å²) in [5.74, 6) is 2.05. The Morgan fingerprint density at radius 2 is 1.86 bits per heavy atom. The number of anilines is 1. The number of imidazole rings is 1. The molecule has 1 fully saturated rings. The van der Waals surface area contributed by atoms with E-state index < -0.39 is 6.10 Å². The molecule has 4 aromatic rings. The molecule has 184 valence electrons. The summed E-state index contributed by atoms with van der Waals surface area (Å²) in [6, 6.07) is 9.91. The lowest BCUT2D eigenvalue weighted by molar-refractivity contribution is 0.0569. The molecule has 1 unspecified atom stereocenters. The average molecular weight is 480 g/mol. The monoisotopic (exact) mass is 479 g/mol. The fourth-order valence-electron chi connectivity index (χ4n) is 4.32. The first-order chi connectivity index (χ1) is 17.1. The summed E-state index contributed by atoms with van der Waals surface area (Å²) >= 11 is 0. The predicted octanol–water partition coefficient (Wildman–Crippen LogP) is 2.22. The van der Waals surface area contributed by atoms with E-state index in [2.05, 4.69) is 10.00 Å². The first kappa shape index (κ1) is 23.2. The summed E-state index contributed by atoms with van der Waals surface area (Å²) in [5.41, 5.74) is 3.07. The Balaban J connectivity index is 1.70. The van der Waals surface area contributed by atoms with Gasteiger partial charge in [0.2, 0.25) is 5.88 Å². The van der Waals surface area contributed by atoms with Gasteiger partial charge >= 0.3 is 0 Å². The Morgan fingerprint density at radius 3 is 2.54 bits per heavy atom. The van der Waals surface area contributed by atoms with Crippen LogP contribution in [0, 0.1) is 0 Å². The fraction of sp³-hybridized carbons (Fsp3) is 0.417. The summed E-state index contributed by atoms with van der Waals surface area (Å²) < 4.78 is 19.8. The van der Waals surface area contributed by atoms with Crippen LogP contribution in [0.25, 0.3) is 28.2 Å². The van der Waals surface area contributed by atoms with Crippen LogP contribution in [0.5, 0.6) is 5.88 Å². The number of morpholine rings is 1. The van der Waals surface area contributed by atoms with Gasteiger partial charge in [-0.1, -0.05) is 30.3 Å². The van der Waals surface area contributed by atoms with Gasteiger partial charge in [-0.3, -0.25) is 0 Å². The van der Waals surface area contributed by atoms with Gasteiger partial charge in [0, 0.05) is 32.9 Å². The highest BCUT2D eigenvalue weighted by Crippen LogP contribution is 2.32. The number of methoxy groups -OCH3 is 2. The Kier molecular flexibility index (Phi) is 6.62. The van der Waals surface area contributed by atoms with Gasteiger partial charge in [-0.15, -0.1) is 5.10 Å². The minimum absolute atomic E-state index is 0.132. The van der Waals surface area contributed by atoms with E-state index in [1.54, 1.807) is 18.9 Å². The van der Waals surface area contributed by atoms with Gasteiger partial charge in [-0.25, -0.2) is 9.67 Å². The van der Waals surface area contributed by atoms with Gasteiger partial charge < -0.3 is 28.8 Å². The van der Waals surface area contributed by atoms with Crippen molar-refractivity contribution in [3.8, 4) is 23.0 Å². The highest BCUT2D eigenvalue weighted by atomic mass is 16.5. The van der Waals surface area contributed by atoms with Crippen molar-refractivity contribution in [2.45, 2.75) is 19.6 Å². The maximum absolute atomic E-state index is 10.7.